The van der Waals surface area contributed by atoms with Crippen LogP contribution in [0.2, 0.25) is 0 Å². The van der Waals surface area contributed by atoms with Crippen LogP contribution in [0, 0.1) is 5.92 Å². The fraction of sp³-hybridized carbons (Fsp3) is 0.632. The summed E-state index contributed by atoms with van der Waals surface area (Å²) in [6.07, 6.45) is 2.33. The van der Waals surface area contributed by atoms with E-state index in [2.05, 4.69) is 38.2 Å². The Morgan fingerprint density at radius 1 is 1.19 bits per heavy atom. The molecule has 7 heteroatoms. The van der Waals surface area contributed by atoms with Crippen LogP contribution in [-0.4, -0.2) is 51.1 Å². The number of hydrogen-bond acceptors (Lipinski definition) is 4. The molecule has 0 spiro atoms. The van der Waals surface area contributed by atoms with E-state index in [1.54, 1.807) is 0 Å². The quantitative estimate of drug-likeness (QED) is 0.765. The summed E-state index contributed by atoms with van der Waals surface area (Å²) >= 11 is 0. The van der Waals surface area contributed by atoms with Crippen molar-refractivity contribution in [3.63, 3.8) is 0 Å². The zero-order valence-corrected chi connectivity index (χ0v) is 16.9. The topological polar surface area (TPSA) is 75.7 Å². The van der Waals surface area contributed by atoms with Gasteiger partial charge in [-0.05, 0) is 36.0 Å². The van der Waals surface area contributed by atoms with E-state index in [4.69, 9.17) is 4.74 Å². The summed E-state index contributed by atoms with van der Waals surface area (Å²) < 4.78 is 30.1. The van der Waals surface area contributed by atoms with Crippen molar-refractivity contribution in [2.75, 3.05) is 32.5 Å². The predicted octanol–water partition coefficient (Wildman–Crippen LogP) is 2.15. The number of ether oxygens (including phenoxy) is 1. The number of carbonyl (C=O) groups excluding carboxylic acids is 1. The van der Waals surface area contributed by atoms with Crippen molar-refractivity contribution in [2.45, 2.75) is 39.0 Å². The number of nitrogens with one attached hydrogen (secondary N) is 1. The van der Waals surface area contributed by atoms with Crippen LogP contribution < -0.4 is 10.1 Å². The Kier molecular flexibility index (Phi) is 6.69. The molecule has 0 atom stereocenters. The van der Waals surface area contributed by atoms with Crippen LogP contribution in [0.1, 0.15) is 39.2 Å². The summed E-state index contributed by atoms with van der Waals surface area (Å²) in [5, 5.41) is 2.88. The second-order valence-electron chi connectivity index (χ2n) is 7.85. The lowest BCUT2D eigenvalue weighted by Crippen LogP contribution is -2.43. The second kappa shape index (κ2) is 8.39. The molecule has 6 nitrogen and oxygen atoms in total. The van der Waals surface area contributed by atoms with Crippen molar-refractivity contribution in [3.8, 4) is 5.75 Å². The summed E-state index contributed by atoms with van der Waals surface area (Å²) in [5.41, 5.74) is 1.36. The van der Waals surface area contributed by atoms with Crippen molar-refractivity contribution in [1.82, 2.24) is 9.62 Å². The number of carbonyl (C=O) groups is 1. The van der Waals surface area contributed by atoms with Gasteiger partial charge in [0.15, 0.2) is 0 Å². The lowest BCUT2D eigenvalue weighted by Gasteiger charge is -2.29. The Hall–Kier alpha value is -1.60. The van der Waals surface area contributed by atoms with Gasteiger partial charge in [0.25, 0.3) is 0 Å². The summed E-state index contributed by atoms with van der Waals surface area (Å²) in [6, 6.07) is 8.01. The fourth-order valence-electron chi connectivity index (χ4n) is 2.99. The van der Waals surface area contributed by atoms with Gasteiger partial charge in [-0.25, -0.2) is 12.7 Å². The molecule has 1 aromatic rings. The number of rotatable bonds is 6. The SMILES string of the molecule is CC(C)(C)c1ccc(OCCNC(=O)C2CCN(S(C)(=O)=O)CC2)cc1. The summed E-state index contributed by atoms with van der Waals surface area (Å²) in [5.74, 6) is 0.637. The summed E-state index contributed by atoms with van der Waals surface area (Å²) in [7, 11) is -3.16. The van der Waals surface area contributed by atoms with Crippen molar-refractivity contribution in [3.05, 3.63) is 29.8 Å². The second-order valence-corrected chi connectivity index (χ2v) is 9.83. The molecule has 1 saturated heterocycles. The number of sulfonamides is 1. The maximum Gasteiger partial charge on any atom is 0.223 e. The molecule has 0 radical (unpaired) electrons. The highest BCUT2D eigenvalue weighted by Gasteiger charge is 2.28. The summed E-state index contributed by atoms with van der Waals surface area (Å²) in [4.78, 5) is 12.2. The number of benzene rings is 1. The van der Waals surface area contributed by atoms with Gasteiger partial charge in [-0.2, -0.15) is 0 Å². The molecular weight excluding hydrogens is 352 g/mol. The molecule has 0 saturated carbocycles. The molecule has 26 heavy (non-hydrogen) atoms. The predicted molar refractivity (Wildman–Crippen MR) is 103 cm³/mol. The molecule has 1 N–H and O–H groups in total. The molecule has 1 amide bonds. The fourth-order valence-corrected chi connectivity index (χ4v) is 3.86. The normalized spacial score (nSPS) is 17.1. The third-order valence-corrected chi connectivity index (χ3v) is 5.99. The largest absolute Gasteiger partial charge is 0.492 e. The van der Waals surface area contributed by atoms with Crippen molar-refractivity contribution in [2.24, 2.45) is 5.92 Å². The van der Waals surface area contributed by atoms with Crippen LogP contribution in [0.25, 0.3) is 0 Å². The van der Waals surface area contributed by atoms with Crippen LogP contribution >= 0.6 is 0 Å². The minimum Gasteiger partial charge on any atom is -0.492 e. The lowest BCUT2D eigenvalue weighted by molar-refractivity contribution is -0.126. The van der Waals surface area contributed by atoms with E-state index in [0.717, 1.165) is 5.75 Å². The Morgan fingerprint density at radius 3 is 2.27 bits per heavy atom. The molecule has 0 unspecified atom stereocenters. The average molecular weight is 383 g/mol. The molecule has 1 aliphatic rings. The van der Waals surface area contributed by atoms with E-state index in [-0.39, 0.29) is 17.2 Å². The third-order valence-electron chi connectivity index (χ3n) is 4.68. The first-order valence-corrected chi connectivity index (χ1v) is 10.9. The minimum atomic E-state index is -3.16. The van der Waals surface area contributed by atoms with Gasteiger partial charge in [0.05, 0.1) is 12.8 Å². The van der Waals surface area contributed by atoms with Crippen molar-refractivity contribution >= 4 is 15.9 Å². The highest BCUT2D eigenvalue weighted by atomic mass is 32.2. The average Bonchev–Trinajstić information content (AvgIpc) is 2.57. The van der Waals surface area contributed by atoms with Crippen molar-refractivity contribution < 1.29 is 17.9 Å². The van der Waals surface area contributed by atoms with E-state index >= 15 is 0 Å². The molecular formula is C19H30N2O4S. The molecule has 0 aromatic heterocycles. The molecule has 1 aromatic carbocycles. The first-order valence-electron chi connectivity index (χ1n) is 9.03. The number of nitrogens with zero attached hydrogens (tertiary/aromatic N) is 1. The molecule has 1 aliphatic heterocycles. The van der Waals surface area contributed by atoms with Crippen molar-refractivity contribution in [1.29, 1.82) is 0 Å². The van der Waals surface area contributed by atoms with Crippen LogP contribution in [0.15, 0.2) is 24.3 Å². The lowest BCUT2D eigenvalue weighted by atomic mass is 9.87. The zero-order valence-electron chi connectivity index (χ0n) is 16.1. The van der Waals surface area contributed by atoms with Gasteiger partial charge in [0.2, 0.25) is 15.9 Å². The zero-order chi connectivity index (χ0) is 19.4. The van der Waals surface area contributed by atoms with Gasteiger partial charge >= 0.3 is 0 Å². The maximum atomic E-state index is 12.2. The van der Waals surface area contributed by atoms with E-state index in [0.29, 0.717) is 39.1 Å². The molecule has 2 rings (SSSR count). The highest BCUT2D eigenvalue weighted by Crippen LogP contribution is 2.24. The van der Waals surface area contributed by atoms with Gasteiger partial charge in [-0.15, -0.1) is 0 Å². The van der Waals surface area contributed by atoms with Gasteiger partial charge < -0.3 is 10.1 Å². The number of hydrogen-bond donors (Lipinski definition) is 1. The Balaban J connectivity index is 1.69. The van der Waals surface area contributed by atoms with Gasteiger partial charge in [-0.1, -0.05) is 32.9 Å². The van der Waals surface area contributed by atoms with E-state index in [1.165, 1.54) is 16.1 Å². The molecule has 146 valence electrons. The van der Waals surface area contributed by atoms with Gasteiger partial charge in [0, 0.05) is 19.0 Å². The number of amides is 1. The highest BCUT2D eigenvalue weighted by molar-refractivity contribution is 7.88. The van der Waals surface area contributed by atoms with Crippen LogP contribution in [0.4, 0.5) is 0 Å². The Bertz CT molecular complexity index is 700. The Morgan fingerprint density at radius 2 is 1.77 bits per heavy atom. The van der Waals surface area contributed by atoms with E-state index < -0.39 is 10.0 Å². The maximum absolute atomic E-state index is 12.2. The van der Waals surface area contributed by atoms with E-state index in [1.807, 2.05) is 12.1 Å². The van der Waals surface area contributed by atoms with Crippen LogP contribution in [-0.2, 0) is 20.2 Å². The first kappa shape index (κ1) is 20.7. The minimum absolute atomic E-state index is 0.0233. The third kappa shape index (κ3) is 5.99. The molecule has 0 bridgehead atoms. The van der Waals surface area contributed by atoms with Gasteiger partial charge in [-0.3, -0.25) is 4.79 Å². The van der Waals surface area contributed by atoms with E-state index in [9.17, 15) is 13.2 Å². The number of piperidine rings is 1. The van der Waals surface area contributed by atoms with Crippen LogP contribution in [0.3, 0.4) is 0 Å². The molecule has 0 aliphatic carbocycles. The van der Waals surface area contributed by atoms with Gasteiger partial charge in [0.1, 0.15) is 12.4 Å². The standard InChI is InChI=1S/C19H30N2O4S/c1-19(2,3)16-5-7-17(8-6-16)25-14-11-20-18(22)15-9-12-21(13-10-15)26(4,23)24/h5-8,15H,9-14H2,1-4H3,(H,20,22). The smallest absolute Gasteiger partial charge is 0.223 e. The monoisotopic (exact) mass is 382 g/mol. The molecule has 1 fully saturated rings. The first-order chi connectivity index (χ1) is 12.1. The molecule has 1 heterocycles. The summed E-state index contributed by atoms with van der Waals surface area (Å²) in [6.45, 7) is 8.16. The Labute approximate surface area is 157 Å². The van der Waals surface area contributed by atoms with Crippen LogP contribution in [0.5, 0.6) is 5.75 Å².